The summed E-state index contributed by atoms with van der Waals surface area (Å²) in [6, 6.07) is 3.97. The van der Waals surface area contributed by atoms with Crippen LogP contribution in [0.5, 0.6) is 0 Å². The van der Waals surface area contributed by atoms with E-state index in [2.05, 4.69) is 19.2 Å². The molecule has 0 bridgehead atoms. The predicted octanol–water partition coefficient (Wildman–Crippen LogP) is 4.11. The Morgan fingerprint density at radius 3 is 2.53 bits per heavy atom. The summed E-state index contributed by atoms with van der Waals surface area (Å²) < 4.78 is 0. The van der Waals surface area contributed by atoms with Crippen molar-refractivity contribution in [1.82, 2.24) is 4.98 Å². The van der Waals surface area contributed by atoms with Gasteiger partial charge in [0.15, 0.2) is 0 Å². The first-order valence-corrected chi connectivity index (χ1v) is 6.24. The van der Waals surface area contributed by atoms with Gasteiger partial charge in [0.1, 0.15) is 0 Å². The number of hydrogen-bond acceptors (Lipinski definition) is 2. The molecule has 2 aromatic rings. The standard InChI is InChI=1S/C14H17ClN2/c1-5-12-9(3)13(16-4)10-6-7-11(15)8(2)14(10)17-12/h6-7H,5H2,1-4H3,(H,16,17). The normalized spacial score (nSPS) is 10.9. The van der Waals surface area contributed by atoms with Gasteiger partial charge in [-0.2, -0.15) is 0 Å². The van der Waals surface area contributed by atoms with Crippen LogP contribution in [0.2, 0.25) is 5.02 Å². The van der Waals surface area contributed by atoms with E-state index in [1.807, 2.05) is 26.1 Å². The van der Waals surface area contributed by atoms with Crippen LogP contribution < -0.4 is 5.32 Å². The van der Waals surface area contributed by atoms with Gasteiger partial charge in [0, 0.05) is 28.8 Å². The molecule has 0 radical (unpaired) electrons. The van der Waals surface area contributed by atoms with Crippen molar-refractivity contribution in [2.75, 3.05) is 12.4 Å². The Morgan fingerprint density at radius 1 is 1.24 bits per heavy atom. The Balaban J connectivity index is 2.92. The molecule has 0 aliphatic rings. The maximum absolute atomic E-state index is 6.16. The first-order chi connectivity index (χ1) is 8.10. The Bertz CT molecular complexity index is 576. The predicted molar refractivity (Wildman–Crippen MR) is 75.2 cm³/mol. The zero-order valence-corrected chi connectivity index (χ0v) is 11.4. The van der Waals surface area contributed by atoms with E-state index in [1.165, 1.54) is 5.56 Å². The van der Waals surface area contributed by atoms with Gasteiger partial charge in [-0.05, 0) is 43.5 Å². The first-order valence-electron chi connectivity index (χ1n) is 5.86. The molecular weight excluding hydrogens is 232 g/mol. The first kappa shape index (κ1) is 12.2. The van der Waals surface area contributed by atoms with Crippen molar-refractivity contribution < 1.29 is 0 Å². The maximum Gasteiger partial charge on any atom is 0.0770 e. The van der Waals surface area contributed by atoms with Gasteiger partial charge in [0.05, 0.1) is 5.52 Å². The molecule has 1 N–H and O–H groups in total. The molecule has 90 valence electrons. The number of nitrogens with one attached hydrogen (secondary N) is 1. The lowest BCUT2D eigenvalue weighted by Crippen LogP contribution is -2.01. The molecule has 0 amide bonds. The van der Waals surface area contributed by atoms with Crippen LogP contribution in [0, 0.1) is 13.8 Å². The molecule has 0 unspecified atom stereocenters. The van der Waals surface area contributed by atoms with Crippen molar-refractivity contribution in [3.05, 3.63) is 34.0 Å². The van der Waals surface area contributed by atoms with Gasteiger partial charge < -0.3 is 5.32 Å². The summed E-state index contributed by atoms with van der Waals surface area (Å²) in [6.45, 7) is 6.26. The number of benzene rings is 1. The van der Waals surface area contributed by atoms with E-state index in [9.17, 15) is 0 Å². The van der Waals surface area contributed by atoms with Crippen molar-refractivity contribution in [2.45, 2.75) is 27.2 Å². The molecule has 0 saturated carbocycles. The Kier molecular flexibility index (Phi) is 3.25. The van der Waals surface area contributed by atoms with Crippen LogP contribution in [0.1, 0.15) is 23.7 Å². The third kappa shape index (κ3) is 1.87. The average molecular weight is 249 g/mol. The molecule has 1 aromatic carbocycles. The largest absolute Gasteiger partial charge is 0.387 e. The third-order valence-electron chi connectivity index (χ3n) is 3.27. The van der Waals surface area contributed by atoms with Crippen LogP contribution in [-0.4, -0.2) is 12.0 Å². The van der Waals surface area contributed by atoms with Gasteiger partial charge in [0.2, 0.25) is 0 Å². The summed E-state index contributed by atoms with van der Waals surface area (Å²) in [4.78, 5) is 4.74. The molecule has 1 heterocycles. The minimum Gasteiger partial charge on any atom is -0.387 e. The van der Waals surface area contributed by atoms with E-state index in [1.54, 1.807) is 0 Å². The fourth-order valence-corrected chi connectivity index (χ4v) is 2.41. The lowest BCUT2D eigenvalue weighted by Gasteiger charge is -2.15. The van der Waals surface area contributed by atoms with Gasteiger partial charge in [-0.25, -0.2) is 0 Å². The smallest absolute Gasteiger partial charge is 0.0770 e. The second-order valence-electron chi connectivity index (χ2n) is 4.23. The van der Waals surface area contributed by atoms with Crippen LogP contribution in [0.25, 0.3) is 10.9 Å². The molecular formula is C14H17ClN2. The number of hydrogen-bond donors (Lipinski definition) is 1. The molecule has 2 nitrogen and oxygen atoms in total. The van der Waals surface area contributed by atoms with Crippen molar-refractivity contribution in [1.29, 1.82) is 0 Å². The minimum absolute atomic E-state index is 0.776. The van der Waals surface area contributed by atoms with E-state index in [4.69, 9.17) is 16.6 Å². The fraction of sp³-hybridized carbons (Fsp3) is 0.357. The van der Waals surface area contributed by atoms with Gasteiger partial charge in [-0.3, -0.25) is 4.98 Å². The van der Waals surface area contributed by atoms with Crippen LogP contribution in [0.3, 0.4) is 0 Å². The second-order valence-corrected chi connectivity index (χ2v) is 4.64. The lowest BCUT2D eigenvalue weighted by atomic mass is 10.0. The molecule has 0 spiro atoms. The number of fused-ring (bicyclic) bond motifs is 1. The Morgan fingerprint density at radius 2 is 1.94 bits per heavy atom. The van der Waals surface area contributed by atoms with Crippen molar-refractivity contribution in [2.24, 2.45) is 0 Å². The van der Waals surface area contributed by atoms with Crippen LogP contribution in [0.4, 0.5) is 5.69 Å². The van der Waals surface area contributed by atoms with Gasteiger partial charge in [0.25, 0.3) is 0 Å². The highest BCUT2D eigenvalue weighted by Gasteiger charge is 2.12. The molecule has 17 heavy (non-hydrogen) atoms. The third-order valence-corrected chi connectivity index (χ3v) is 3.68. The zero-order valence-electron chi connectivity index (χ0n) is 10.7. The maximum atomic E-state index is 6.16. The zero-order chi connectivity index (χ0) is 12.6. The molecule has 1 aromatic heterocycles. The second kappa shape index (κ2) is 4.53. The number of halogens is 1. The van der Waals surface area contributed by atoms with Gasteiger partial charge in [-0.1, -0.05) is 18.5 Å². The quantitative estimate of drug-likeness (QED) is 0.865. The average Bonchev–Trinajstić information content (AvgIpc) is 2.33. The molecule has 0 atom stereocenters. The molecule has 0 saturated heterocycles. The minimum atomic E-state index is 0.776. The topological polar surface area (TPSA) is 24.9 Å². The summed E-state index contributed by atoms with van der Waals surface area (Å²) in [6.07, 6.45) is 0.933. The number of anilines is 1. The number of aromatic nitrogens is 1. The fourth-order valence-electron chi connectivity index (χ4n) is 2.25. The highest BCUT2D eigenvalue weighted by molar-refractivity contribution is 6.32. The monoisotopic (exact) mass is 248 g/mol. The van der Waals surface area contributed by atoms with Crippen LogP contribution in [-0.2, 0) is 6.42 Å². The van der Waals surface area contributed by atoms with Gasteiger partial charge in [-0.15, -0.1) is 0 Å². The van der Waals surface area contributed by atoms with Crippen molar-refractivity contribution in [3.8, 4) is 0 Å². The highest BCUT2D eigenvalue weighted by atomic mass is 35.5. The van der Waals surface area contributed by atoms with Gasteiger partial charge >= 0.3 is 0 Å². The number of pyridine rings is 1. The SMILES string of the molecule is CCc1nc2c(C)c(Cl)ccc2c(NC)c1C. The molecule has 3 heteroatoms. The molecule has 2 rings (SSSR count). The molecule has 0 fully saturated rings. The Hall–Kier alpha value is -1.28. The highest BCUT2D eigenvalue weighted by Crippen LogP contribution is 2.32. The summed E-state index contributed by atoms with van der Waals surface area (Å²) in [5.74, 6) is 0. The number of aryl methyl sites for hydroxylation is 2. The van der Waals surface area contributed by atoms with E-state index in [-0.39, 0.29) is 0 Å². The van der Waals surface area contributed by atoms with E-state index < -0.39 is 0 Å². The lowest BCUT2D eigenvalue weighted by molar-refractivity contribution is 1.03. The summed E-state index contributed by atoms with van der Waals surface area (Å²) in [7, 11) is 1.95. The van der Waals surface area contributed by atoms with Crippen molar-refractivity contribution in [3.63, 3.8) is 0 Å². The van der Waals surface area contributed by atoms with Crippen molar-refractivity contribution >= 4 is 28.2 Å². The molecule has 0 aliphatic carbocycles. The van der Waals surface area contributed by atoms with Crippen LogP contribution >= 0.6 is 11.6 Å². The summed E-state index contributed by atoms with van der Waals surface area (Å²) in [5, 5.41) is 5.20. The van der Waals surface area contributed by atoms with E-state index >= 15 is 0 Å². The summed E-state index contributed by atoms with van der Waals surface area (Å²) >= 11 is 6.16. The number of rotatable bonds is 2. The molecule has 0 aliphatic heterocycles. The van der Waals surface area contributed by atoms with E-state index in [0.717, 1.165) is 39.3 Å². The Labute approximate surface area is 107 Å². The number of nitrogens with zero attached hydrogens (tertiary/aromatic N) is 1. The van der Waals surface area contributed by atoms with Crippen LogP contribution in [0.15, 0.2) is 12.1 Å². The van der Waals surface area contributed by atoms with E-state index in [0.29, 0.717) is 0 Å². The summed E-state index contributed by atoms with van der Waals surface area (Å²) in [5.41, 5.74) is 5.57.